The molecule has 1 unspecified atom stereocenters. The highest BCUT2D eigenvalue weighted by molar-refractivity contribution is 5.98. The van der Waals surface area contributed by atoms with Crippen LogP contribution in [0.25, 0.3) is 0 Å². The number of rotatable bonds is 7. The van der Waals surface area contributed by atoms with E-state index in [1.165, 1.54) is 0 Å². The molecule has 1 atom stereocenters. The van der Waals surface area contributed by atoms with Gasteiger partial charge in [0.05, 0.1) is 0 Å². The van der Waals surface area contributed by atoms with E-state index in [4.69, 9.17) is 0 Å². The highest BCUT2D eigenvalue weighted by Gasteiger charge is 2.28. The minimum atomic E-state index is -1.14. The molecule has 0 saturated heterocycles. The Morgan fingerprint density at radius 1 is 1.13 bits per heavy atom. The second-order valence-corrected chi connectivity index (χ2v) is 11.6. The molecule has 0 bridgehead atoms. The van der Waals surface area contributed by atoms with Crippen molar-refractivity contribution < 1.29 is 15.0 Å². The minimum absolute atomic E-state index is 0.207. The zero-order chi connectivity index (χ0) is 28.2. The Labute approximate surface area is 229 Å². The lowest BCUT2D eigenvalue weighted by molar-refractivity contribution is 0.0953. The van der Waals surface area contributed by atoms with Crippen LogP contribution in [0.5, 0.6) is 0 Å². The molecule has 38 heavy (non-hydrogen) atoms. The van der Waals surface area contributed by atoms with E-state index in [1.54, 1.807) is 13.8 Å². The Morgan fingerprint density at radius 3 is 2.32 bits per heavy atom. The Hall–Kier alpha value is -2.66. The van der Waals surface area contributed by atoms with E-state index < -0.39 is 11.8 Å². The van der Waals surface area contributed by atoms with Crippen molar-refractivity contribution in [2.75, 3.05) is 32.1 Å². The second kappa shape index (κ2) is 12.5. The van der Waals surface area contributed by atoms with Gasteiger partial charge in [0.25, 0.3) is 5.91 Å². The third kappa shape index (κ3) is 7.47. The van der Waals surface area contributed by atoms with Crippen molar-refractivity contribution in [3.05, 3.63) is 40.0 Å². The van der Waals surface area contributed by atoms with Gasteiger partial charge in [-0.1, -0.05) is 17.4 Å². The molecule has 1 amide bonds. The lowest BCUT2D eigenvalue weighted by Gasteiger charge is -2.40. The largest absolute Gasteiger partial charge is 0.378 e. The first-order valence-electron chi connectivity index (χ1n) is 13.8. The topological polar surface area (TPSA) is 88.4 Å². The smallest absolute Gasteiger partial charge is 0.251 e. The van der Waals surface area contributed by atoms with Gasteiger partial charge in [-0.15, -0.1) is 0 Å². The Kier molecular flexibility index (Phi) is 9.80. The molecule has 1 heterocycles. The predicted octanol–water partition coefficient (Wildman–Crippen LogP) is 4.05. The first-order valence-corrected chi connectivity index (χ1v) is 13.8. The molecule has 0 aromatic heterocycles. The van der Waals surface area contributed by atoms with E-state index in [2.05, 4.69) is 59.0 Å². The molecule has 7 nitrogen and oxygen atoms in total. The molecule has 7 heteroatoms. The quantitative estimate of drug-likeness (QED) is 0.372. The van der Waals surface area contributed by atoms with E-state index in [9.17, 15) is 15.0 Å². The van der Waals surface area contributed by atoms with Crippen molar-refractivity contribution in [3.8, 4) is 11.8 Å². The molecule has 0 spiro atoms. The average molecular weight is 523 g/mol. The molecule has 1 aliphatic carbocycles. The zero-order valence-electron chi connectivity index (χ0n) is 24.5. The summed E-state index contributed by atoms with van der Waals surface area (Å²) in [6, 6.07) is 4.87. The van der Waals surface area contributed by atoms with Gasteiger partial charge in [-0.05, 0) is 105 Å². The molecule has 0 radical (unpaired) electrons. The summed E-state index contributed by atoms with van der Waals surface area (Å²) in [4.78, 5) is 22.5. The van der Waals surface area contributed by atoms with Crippen molar-refractivity contribution in [3.63, 3.8) is 0 Å². The van der Waals surface area contributed by atoms with Gasteiger partial charge in [-0.2, -0.15) is 0 Å². The van der Waals surface area contributed by atoms with Crippen molar-refractivity contribution in [2.45, 2.75) is 97.6 Å². The van der Waals surface area contributed by atoms with Crippen LogP contribution in [0.15, 0.2) is 28.3 Å². The van der Waals surface area contributed by atoms with Gasteiger partial charge in [0.15, 0.2) is 6.23 Å². The maximum absolute atomic E-state index is 13.5. The van der Waals surface area contributed by atoms with Crippen LogP contribution in [0.2, 0.25) is 0 Å². The molecule has 3 N–H and O–H groups in total. The average Bonchev–Trinajstić information content (AvgIpc) is 2.83. The minimum Gasteiger partial charge on any atom is -0.378 e. The predicted molar refractivity (Wildman–Crippen MR) is 156 cm³/mol. The Balaban J connectivity index is 1.93. The number of hydrogen-bond acceptors (Lipinski definition) is 6. The molecule has 3 rings (SSSR count). The number of anilines is 1. The summed E-state index contributed by atoms with van der Waals surface area (Å²) in [5.41, 5.74) is 4.73. The SMILES string of the molecule is CCN(c1cc(C#CC(C)(C)O)cc(C(=O)NCC2=C(C)CC(C)=NC2O)c1C)C1CCC(N(C)C)CC1. The molecular formula is C31H46N4O3. The number of aliphatic hydroxyl groups is 2. The fourth-order valence-corrected chi connectivity index (χ4v) is 5.60. The van der Waals surface area contributed by atoms with E-state index in [-0.39, 0.29) is 12.5 Å². The summed E-state index contributed by atoms with van der Waals surface area (Å²) < 4.78 is 0. The maximum Gasteiger partial charge on any atom is 0.251 e. The van der Waals surface area contributed by atoms with E-state index in [0.29, 0.717) is 29.6 Å². The molecule has 208 valence electrons. The highest BCUT2D eigenvalue weighted by atomic mass is 16.3. The molecule has 1 saturated carbocycles. The number of hydrogen-bond donors (Lipinski definition) is 3. The van der Waals surface area contributed by atoms with Crippen molar-refractivity contribution >= 4 is 17.3 Å². The van der Waals surface area contributed by atoms with Gasteiger partial charge in [0, 0.05) is 54.1 Å². The monoisotopic (exact) mass is 522 g/mol. The number of dihydropyridines is 1. The number of benzene rings is 1. The Morgan fingerprint density at radius 2 is 1.76 bits per heavy atom. The third-order valence-corrected chi connectivity index (χ3v) is 7.79. The summed E-state index contributed by atoms with van der Waals surface area (Å²) in [6.07, 6.45) is 4.28. The van der Waals surface area contributed by atoms with E-state index in [1.807, 2.05) is 26.8 Å². The zero-order valence-corrected chi connectivity index (χ0v) is 24.5. The van der Waals surface area contributed by atoms with Crippen LogP contribution in [0.1, 0.15) is 88.2 Å². The number of carbonyl (C=O) groups is 1. The second-order valence-electron chi connectivity index (χ2n) is 11.6. The summed E-state index contributed by atoms with van der Waals surface area (Å²) in [6.45, 7) is 12.4. The number of carbonyl (C=O) groups excluding carboxylic acids is 1. The van der Waals surface area contributed by atoms with Crippen LogP contribution in [0, 0.1) is 18.8 Å². The third-order valence-electron chi connectivity index (χ3n) is 7.79. The van der Waals surface area contributed by atoms with E-state index >= 15 is 0 Å². The van der Waals surface area contributed by atoms with Crippen LogP contribution >= 0.6 is 0 Å². The lowest BCUT2D eigenvalue weighted by Crippen LogP contribution is -2.42. The molecule has 1 aromatic carbocycles. The maximum atomic E-state index is 13.5. The van der Waals surface area contributed by atoms with Crippen molar-refractivity contribution in [2.24, 2.45) is 4.99 Å². The Bertz CT molecular complexity index is 1140. The first-order chi connectivity index (χ1) is 17.8. The number of amides is 1. The van der Waals surface area contributed by atoms with Crippen LogP contribution in [0.3, 0.4) is 0 Å². The molecule has 1 aliphatic heterocycles. The number of allylic oxidation sites excluding steroid dienone is 1. The van der Waals surface area contributed by atoms with Gasteiger partial charge >= 0.3 is 0 Å². The standard InChI is InChI=1S/C31H46N4O3/c1-9-35(25-12-10-24(11-13-25)34(7)8)28-18-23(14-15-31(5,6)38)17-26(22(28)4)29(36)32-19-27-20(2)16-21(3)33-30(27)37/h17-18,24-25,30,37-38H,9-13,16,19H2,1-8H3,(H,32,36). The number of nitrogens with zero attached hydrogens (tertiary/aromatic N) is 3. The van der Waals surface area contributed by atoms with Crippen molar-refractivity contribution in [1.82, 2.24) is 10.2 Å². The summed E-state index contributed by atoms with van der Waals surface area (Å²) in [7, 11) is 4.31. The summed E-state index contributed by atoms with van der Waals surface area (Å²) in [5, 5.41) is 23.7. The van der Waals surface area contributed by atoms with Crippen LogP contribution in [0.4, 0.5) is 5.69 Å². The van der Waals surface area contributed by atoms with Gasteiger partial charge in [0.2, 0.25) is 0 Å². The summed E-state index contributed by atoms with van der Waals surface area (Å²) in [5.74, 6) is 5.79. The van der Waals surface area contributed by atoms with Gasteiger partial charge in [-0.3, -0.25) is 9.79 Å². The molecule has 1 aromatic rings. The molecular weight excluding hydrogens is 476 g/mol. The lowest BCUT2D eigenvalue weighted by atomic mass is 9.88. The fraction of sp³-hybridized carbons (Fsp3) is 0.613. The number of nitrogens with one attached hydrogen (secondary N) is 1. The van der Waals surface area contributed by atoms with E-state index in [0.717, 1.165) is 60.3 Å². The fourth-order valence-electron chi connectivity index (χ4n) is 5.60. The first kappa shape index (κ1) is 29.9. The summed E-state index contributed by atoms with van der Waals surface area (Å²) >= 11 is 0. The highest BCUT2D eigenvalue weighted by Crippen LogP contribution is 2.33. The van der Waals surface area contributed by atoms with Crippen LogP contribution in [-0.2, 0) is 0 Å². The van der Waals surface area contributed by atoms with Crippen LogP contribution < -0.4 is 10.2 Å². The van der Waals surface area contributed by atoms with Crippen molar-refractivity contribution in [1.29, 1.82) is 0 Å². The van der Waals surface area contributed by atoms with Crippen LogP contribution in [-0.4, -0.2) is 77.8 Å². The number of aliphatic imine (C=N–C) groups is 1. The molecule has 1 fully saturated rings. The number of aliphatic hydroxyl groups excluding tert-OH is 1. The normalized spacial score (nSPS) is 22.1. The van der Waals surface area contributed by atoms with Gasteiger partial charge in [0.1, 0.15) is 5.60 Å². The molecule has 2 aliphatic rings. The van der Waals surface area contributed by atoms with Gasteiger partial charge < -0.3 is 25.3 Å². The van der Waals surface area contributed by atoms with Gasteiger partial charge in [-0.25, -0.2) is 0 Å².